The fourth-order valence-electron chi connectivity index (χ4n) is 3.03. The molecule has 0 aromatic heterocycles. The van der Waals surface area contributed by atoms with Gasteiger partial charge in [0.15, 0.2) is 0 Å². The summed E-state index contributed by atoms with van der Waals surface area (Å²) in [4.78, 5) is 12.0. The molecule has 2 saturated heterocycles. The SMILES string of the molecule is O=C(NCc1ccc(COC2CCOCC2)cc1)C1CCCN1. The van der Waals surface area contributed by atoms with Crippen LogP contribution >= 0.6 is 0 Å². The quantitative estimate of drug-likeness (QED) is 0.839. The first kappa shape index (κ1) is 16.4. The second kappa shape index (κ2) is 8.43. The summed E-state index contributed by atoms with van der Waals surface area (Å²) in [6, 6.07) is 8.27. The van der Waals surface area contributed by atoms with Gasteiger partial charge in [-0.15, -0.1) is 0 Å². The van der Waals surface area contributed by atoms with Gasteiger partial charge < -0.3 is 20.1 Å². The maximum atomic E-state index is 12.0. The van der Waals surface area contributed by atoms with Crippen molar-refractivity contribution in [2.45, 2.75) is 51.0 Å². The van der Waals surface area contributed by atoms with Crippen molar-refractivity contribution < 1.29 is 14.3 Å². The highest BCUT2D eigenvalue weighted by atomic mass is 16.5. The van der Waals surface area contributed by atoms with Crippen LogP contribution in [0.15, 0.2) is 24.3 Å². The largest absolute Gasteiger partial charge is 0.381 e. The van der Waals surface area contributed by atoms with Gasteiger partial charge in [-0.05, 0) is 43.4 Å². The Hall–Kier alpha value is -1.43. The Morgan fingerprint density at radius 3 is 2.61 bits per heavy atom. The molecule has 1 atom stereocenters. The molecule has 0 radical (unpaired) electrons. The van der Waals surface area contributed by atoms with E-state index >= 15 is 0 Å². The van der Waals surface area contributed by atoms with Crippen molar-refractivity contribution in [3.8, 4) is 0 Å². The standard InChI is InChI=1S/C18H26N2O3/c21-18(17-2-1-9-19-17)20-12-14-3-5-15(6-4-14)13-23-16-7-10-22-11-8-16/h3-6,16-17,19H,1-2,7-13H2,(H,20,21). The van der Waals surface area contributed by atoms with Gasteiger partial charge in [0.2, 0.25) is 5.91 Å². The van der Waals surface area contributed by atoms with Crippen molar-refractivity contribution in [2.75, 3.05) is 19.8 Å². The molecule has 2 aliphatic rings. The van der Waals surface area contributed by atoms with E-state index in [2.05, 4.69) is 34.9 Å². The lowest BCUT2D eigenvalue weighted by atomic mass is 10.1. The molecule has 126 valence electrons. The summed E-state index contributed by atoms with van der Waals surface area (Å²) in [5, 5.41) is 6.21. The van der Waals surface area contributed by atoms with Crippen molar-refractivity contribution >= 4 is 5.91 Å². The van der Waals surface area contributed by atoms with Gasteiger partial charge in [0.25, 0.3) is 0 Å². The summed E-state index contributed by atoms with van der Waals surface area (Å²) in [6.07, 6.45) is 4.31. The normalized spacial score (nSPS) is 22.2. The van der Waals surface area contributed by atoms with E-state index in [9.17, 15) is 4.79 Å². The van der Waals surface area contributed by atoms with Gasteiger partial charge >= 0.3 is 0 Å². The Kier molecular flexibility index (Phi) is 6.02. The molecule has 0 bridgehead atoms. The maximum absolute atomic E-state index is 12.0. The minimum atomic E-state index is -0.0119. The third kappa shape index (κ3) is 5.03. The van der Waals surface area contributed by atoms with Crippen LogP contribution in [0.4, 0.5) is 0 Å². The number of hydrogen-bond acceptors (Lipinski definition) is 4. The zero-order valence-corrected chi connectivity index (χ0v) is 13.6. The lowest BCUT2D eigenvalue weighted by molar-refractivity contribution is -0.122. The summed E-state index contributed by atoms with van der Waals surface area (Å²) in [7, 11) is 0. The molecule has 23 heavy (non-hydrogen) atoms. The molecule has 1 unspecified atom stereocenters. The van der Waals surface area contributed by atoms with Crippen LogP contribution < -0.4 is 10.6 Å². The van der Waals surface area contributed by atoms with Gasteiger partial charge in [-0.3, -0.25) is 4.79 Å². The fourth-order valence-corrected chi connectivity index (χ4v) is 3.03. The molecule has 0 saturated carbocycles. The van der Waals surface area contributed by atoms with Crippen LogP contribution in [0, 0.1) is 0 Å². The monoisotopic (exact) mass is 318 g/mol. The van der Waals surface area contributed by atoms with E-state index < -0.39 is 0 Å². The lowest BCUT2D eigenvalue weighted by Gasteiger charge is -2.22. The number of hydrogen-bond donors (Lipinski definition) is 2. The molecule has 2 N–H and O–H groups in total. The minimum absolute atomic E-state index is 0.0119. The van der Waals surface area contributed by atoms with E-state index in [-0.39, 0.29) is 11.9 Å². The molecule has 1 aromatic rings. The molecule has 3 rings (SSSR count). The first-order chi connectivity index (χ1) is 11.3. The Balaban J connectivity index is 1.40. The van der Waals surface area contributed by atoms with Crippen LogP contribution in [-0.4, -0.2) is 37.8 Å². The lowest BCUT2D eigenvalue weighted by Crippen LogP contribution is -2.39. The fraction of sp³-hybridized carbons (Fsp3) is 0.611. The number of ether oxygens (including phenoxy) is 2. The molecular formula is C18H26N2O3. The highest BCUT2D eigenvalue weighted by Gasteiger charge is 2.21. The van der Waals surface area contributed by atoms with Crippen LogP contribution in [0.2, 0.25) is 0 Å². The molecule has 0 aliphatic carbocycles. The maximum Gasteiger partial charge on any atom is 0.237 e. The zero-order chi connectivity index (χ0) is 15.9. The van der Waals surface area contributed by atoms with Crippen molar-refractivity contribution in [3.05, 3.63) is 35.4 Å². The van der Waals surface area contributed by atoms with E-state index in [1.807, 2.05) is 0 Å². The van der Waals surface area contributed by atoms with E-state index in [1.165, 1.54) is 5.56 Å². The Labute approximate surface area is 137 Å². The molecular weight excluding hydrogens is 292 g/mol. The van der Waals surface area contributed by atoms with Gasteiger partial charge in [-0.1, -0.05) is 24.3 Å². The predicted molar refractivity (Wildman–Crippen MR) is 87.9 cm³/mol. The molecule has 1 aromatic carbocycles. The second-order valence-electron chi connectivity index (χ2n) is 6.31. The molecule has 1 amide bonds. The second-order valence-corrected chi connectivity index (χ2v) is 6.31. The van der Waals surface area contributed by atoms with Crippen molar-refractivity contribution in [1.82, 2.24) is 10.6 Å². The first-order valence-electron chi connectivity index (χ1n) is 8.59. The summed E-state index contributed by atoms with van der Waals surface area (Å²) < 4.78 is 11.2. The van der Waals surface area contributed by atoms with Gasteiger partial charge in [0, 0.05) is 19.8 Å². The van der Waals surface area contributed by atoms with Crippen LogP contribution in [0.3, 0.4) is 0 Å². The number of carbonyl (C=O) groups is 1. The number of rotatable bonds is 6. The van der Waals surface area contributed by atoms with Crippen LogP contribution in [0.1, 0.15) is 36.8 Å². The molecule has 5 nitrogen and oxygen atoms in total. The Morgan fingerprint density at radius 1 is 1.17 bits per heavy atom. The summed E-state index contributed by atoms with van der Waals surface area (Å²) in [6.45, 7) is 3.78. The van der Waals surface area contributed by atoms with E-state index in [4.69, 9.17) is 9.47 Å². The van der Waals surface area contributed by atoms with Crippen molar-refractivity contribution in [2.24, 2.45) is 0 Å². The molecule has 2 heterocycles. The van der Waals surface area contributed by atoms with Gasteiger partial charge in [0.05, 0.1) is 18.8 Å². The molecule has 0 spiro atoms. The average Bonchev–Trinajstić information content (AvgIpc) is 3.14. The number of nitrogens with one attached hydrogen (secondary N) is 2. The highest BCUT2D eigenvalue weighted by molar-refractivity contribution is 5.81. The smallest absolute Gasteiger partial charge is 0.237 e. The predicted octanol–water partition coefficient (Wildman–Crippen LogP) is 1.75. The van der Waals surface area contributed by atoms with Gasteiger partial charge in [-0.2, -0.15) is 0 Å². The zero-order valence-electron chi connectivity index (χ0n) is 13.6. The summed E-state index contributed by atoms with van der Waals surface area (Å²) >= 11 is 0. The summed E-state index contributed by atoms with van der Waals surface area (Å²) in [5.74, 6) is 0.106. The van der Waals surface area contributed by atoms with Gasteiger partial charge in [0.1, 0.15) is 0 Å². The number of benzene rings is 1. The summed E-state index contributed by atoms with van der Waals surface area (Å²) in [5.41, 5.74) is 2.29. The minimum Gasteiger partial charge on any atom is -0.381 e. The Morgan fingerprint density at radius 2 is 1.91 bits per heavy atom. The van der Waals surface area contributed by atoms with E-state index in [0.29, 0.717) is 19.3 Å². The topological polar surface area (TPSA) is 59.6 Å². The highest BCUT2D eigenvalue weighted by Crippen LogP contribution is 2.14. The van der Waals surface area contributed by atoms with Crippen molar-refractivity contribution in [3.63, 3.8) is 0 Å². The van der Waals surface area contributed by atoms with E-state index in [1.54, 1.807) is 0 Å². The van der Waals surface area contributed by atoms with Gasteiger partial charge in [-0.25, -0.2) is 0 Å². The molecule has 2 fully saturated rings. The third-order valence-corrected chi connectivity index (χ3v) is 4.52. The van der Waals surface area contributed by atoms with Crippen molar-refractivity contribution in [1.29, 1.82) is 0 Å². The van der Waals surface area contributed by atoms with Crippen LogP contribution in [0.5, 0.6) is 0 Å². The Bertz CT molecular complexity index is 491. The number of carbonyl (C=O) groups excluding carboxylic acids is 1. The molecule has 5 heteroatoms. The van der Waals surface area contributed by atoms with Crippen LogP contribution in [-0.2, 0) is 27.4 Å². The number of amides is 1. The first-order valence-corrected chi connectivity index (χ1v) is 8.59. The van der Waals surface area contributed by atoms with Crippen LogP contribution in [0.25, 0.3) is 0 Å². The average molecular weight is 318 g/mol. The van der Waals surface area contributed by atoms with E-state index in [0.717, 1.165) is 51.0 Å². The molecule has 2 aliphatic heterocycles. The third-order valence-electron chi connectivity index (χ3n) is 4.52.